The van der Waals surface area contributed by atoms with E-state index in [2.05, 4.69) is 0 Å². The van der Waals surface area contributed by atoms with Gasteiger partial charge in [0.05, 0.1) is 35.7 Å². The van der Waals surface area contributed by atoms with Crippen molar-refractivity contribution in [2.75, 3.05) is 6.61 Å². The number of hydrogen-bond acceptors (Lipinski definition) is 11. The van der Waals surface area contributed by atoms with E-state index in [4.69, 9.17) is 18.9 Å². The summed E-state index contributed by atoms with van der Waals surface area (Å²) in [6.07, 6.45) is -7.27. The molecule has 0 amide bonds. The molecular formula is C31H38O11. The number of ether oxygens (including phenoxy) is 4. The second-order valence-electron chi connectivity index (χ2n) is 12.8. The van der Waals surface area contributed by atoms with E-state index in [9.17, 15) is 34.5 Å². The second kappa shape index (κ2) is 9.97. The predicted octanol–water partition coefficient (Wildman–Crippen LogP) is 1.65. The summed E-state index contributed by atoms with van der Waals surface area (Å²) < 4.78 is 23.5. The Kier molecular flexibility index (Phi) is 7.20. The summed E-state index contributed by atoms with van der Waals surface area (Å²) in [5.74, 6) is -4.41. The predicted molar refractivity (Wildman–Crippen MR) is 145 cm³/mol. The molecule has 42 heavy (non-hydrogen) atoms. The lowest BCUT2D eigenvalue weighted by Crippen LogP contribution is -2.81. The minimum atomic E-state index is -2.11. The number of carbonyl (C=O) groups excluding carboxylic acids is 4. The van der Waals surface area contributed by atoms with Gasteiger partial charge in [-0.3, -0.25) is 14.4 Å². The third-order valence-corrected chi connectivity index (χ3v) is 10.2. The molecule has 1 heterocycles. The summed E-state index contributed by atoms with van der Waals surface area (Å²) in [7, 11) is 0. The van der Waals surface area contributed by atoms with Gasteiger partial charge in [0.1, 0.15) is 17.8 Å². The standard InChI is InChI=1S/C31H38O11/c1-15-19(34)13-31(38)26(41-27(37)18-10-8-7-9-11-18)24-29(6,20(35)12-21-30(24,14-39-21)42-17(3)33)25(36)23(40-16(2)32)22(15)28(31,4)5/h7-11,19-21,23-24,26,34-35,38H,12-14H2,1-6H3/t19?,20?,21?,23?,24?,26?,29-,30-,31-/m1/s1. The summed E-state index contributed by atoms with van der Waals surface area (Å²) in [6.45, 7) is 8.42. The molecular weight excluding hydrogens is 548 g/mol. The molecule has 11 heteroatoms. The summed E-state index contributed by atoms with van der Waals surface area (Å²) in [5.41, 5.74) is -6.38. The van der Waals surface area contributed by atoms with Gasteiger partial charge in [0, 0.05) is 32.1 Å². The largest absolute Gasteiger partial charge is 0.455 e. The second-order valence-corrected chi connectivity index (χ2v) is 12.8. The molecule has 1 aromatic carbocycles. The summed E-state index contributed by atoms with van der Waals surface area (Å²) in [5, 5.41) is 35.8. The third kappa shape index (κ3) is 4.08. The van der Waals surface area contributed by atoms with Gasteiger partial charge in [-0.2, -0.15) is 0 Å². The fourth-order valence-corrected chi connectivity index (χ4v) is 7.91. The van der Waals surface area contributed by atoms with Crippen molar-refractivity contribution in [3.8, 4) is 0 Å². The Labute approximate surface area is 243 Å². The lowest BCUT2D eigenvalue weighted by molar-refractivity contribution is -0.345. The van der Waals surface area contributed by atoms with E-state index in [0.717, 1.165) is 6.92 Å². The molecule has 3 aliphatic carbocycles. The lowest BCUT2D eigenvalue weighted by atomic mass is 9.44. The molecule has 3 fully saturated rings. The molecule has 2 bridgehead atoms. The van der Waals surface area contributed by atoms with Crippen LogP contribution in [0.2, 0.25) is 0 Å². The molecule has 0 radical (unpaired) electrons. The van der Waals surface area contributed by atoms with Crippen LogP contribution in [-0.4, -0.2) is 87.3 Å². The van der Waals surface area contributed by atoms with Gasteiger partial charge in [0.25, 0.3) is 0 Å². The van der Waals surface area contributed by atoms with Crippen molar-refractivity contribution in [3.63, 3.8) is 0 Å². The van der Waals surface area contributed by atoms with Crippen molar-refractivity contribution in [1.82, 2.24) is 0 Å². The Hall–Kier alpha value is -3.12. The zero-order chi connectivity index (χ0) is 31.0. The van der Waals surface area contributed by atoms with Crippen LogP contribution in [0.15, 0.2) is 41.5 Å². The van der Waals surface area contributed by atoms with Gasteiger partial charge >= 0.3 is 17.9 Å². The number of ketones is 1. The van der Waals surface area contributed by atoms with E-state index in [1.807, 2.05) is 0 Å². The highest BCUT2D eigenvalue weighted by molar-refractivity contribution is 5.95. The first-order chi connectivity index (χ1) is 19.5. The fraction of sp³-hybridized carbons (Fsp3) is 0.613. The summed E-state index contributed by atoms with van der Waals surface area (Å²) in [6, 6.07) is 8.05. The van der Waals surface area contributed by atoms with Gasteiger partial charge in [0.15, 0.2) is 17.5 Å². The van der Waals surface area contributed by atoms with Crippen LogP contribution in [0.1, 0.15) is 64.7 Å². The number of fused-ring (bicyclic) bond motifs is 5. The van der Waals surface area contributed by atoms with Crippen LogP contribution in [-0.2, 0) is 33.3 Å². The summed E-state index contributed by atoms with van der Waals surface area (Å²) in [4.78, 5) is 53.4. The normalized spacial score (nSPS) is 40.4. The lowest BCUT2D eigenvalue weighted by Gasteiger charge is -2.67. The molecule has 11 nitrogen and oxygen atoms in total. The molecule has 6 unspecified atom stereocenters. The van der Waals surface area contributed by atoms with Gasteiger partial charge in [-0.25, -0.2) is 4.79 Å². The third-order valence-electron chi connectivity index (χ3n) is 10.2. The molecule has 9 atom stereocenters. The van der Waals surface area contributed by atoms with Crippen molar-refractivity contribution in [1.29, 1.82) is 0 Å². The molecule has 1 aromatic rings. The quantitative estimate of drug-likeness (QED) is 0.267. The fourth-order valence-electron chi connectivity index (χ4n) is 7.91. The summed E-state index contributed by atoms with van der Waals surface area (Å²) >= 11 is 0. The number of esters is 3. The van der Waals surface area contributed by atoms with E-state index in [1.165, 1.54) is 26.0 Å². The monoisotopic (exact) mass is 586 g/mol. The Morgan fingerprint density at radius 1 is 1.00 bits per heavy atom. The maximum absolute atomic E-state index is 14.8. The van der Waals surface area contributed by atoms with E-state index < -0.39 is 82.2 Å². The number of benzene rings is 1. The number of rotatable bonds is 4. The molecule has 3 N–H and O–H groups in total. The van der Waals surface area contributed by atoms with Crippen LogP contribution in [0, 0.1) is 16.7 Å². The number of carbonyl (C=O) groups is 4. The maximum atomic E-state index is 14.8. The molecule has 0 aromatic heterocycles. The van der Waals surface area contributed by atoms with E-state index in [-0.39, 0.29) is 30.6 Å². The molecule has 0 spiro atoms. The smallest absolute Gasteiger partial charge is 0.338 e. The van der Waals surface area contributed by atoms with E-state index >= 15 is 0 Å². The van der Waals surface area contributed by atoms with Crippen molar-refractivity contribution < 1.29 is 53.4 Å². The van der Waals surface area contributed by atoms with Gasteiger partial charge in [-0.1, -0.05) is 32.0 Å². The van der Waals surface area contributed by atoms with Crippen molar-refractivity contribution >= 4 is 23.7 Å². The molecule has 5 rings (SSSR count). The first-order valence-electron chi connectivity index (χ1n) is 14.1. The first kappa shape index (κ1) is 30.3. The SMILES string of the molecule is CC(=O)OC1C(=O)[C@]2(C)C(O)CC3OC[C@]3(OC(C)=O)C2C(OC(=O)c2ccccc2)[C@]2(O)CC(O)C(C)=C1C2(C)C. The van der Waals surface area contributed by atoms with Crippen LogP contribution in [0.3, 0.4) is 0 Å². The van der Waals surface area contributed by atoms with E-state index in [1.54, 1.807) is 39.0 Å². The zero-order valence-electron chi connectivity index (χ0n) is 24.6. The highest BCUT2D eigenvalue weighted by atomic mass is 16.6. The van der Waals surface area contributed by atoms with Crippen LogP contribution >= 0.6 is 0 Å². The van der Waals surface area contributed by atoms with Crippen LogP contribution in [0.4, 0.5) is 0 Å². The Morgan fingerprint density at radius 2 is 1.64 bits per heavy atom. The number of Topliss-reactive ketones (excluding diaryl/α,β-unsaturated/α-hetero) is 1. The van der Waals surface area contributed by atoms with Crippen LogP contribution < -0.4 is 0 Å². The van der Waals surface area contributed by atoms with Crippen molar-refractivity contribution in [3.05, 3.63) is 47.0 Å². The molecule has 228 valence electrons. The molecule has 4 aliphatic rings. The number of hydrogen-bond donors (Lipinski definition) is 3. The number of aliphatic hydroxyl groups is 3. The van der Waals surface area contributed by atoms with Gasteiger partial charge in [0.2, 0.25) is 0 Å². The number of aliphatic hydroxyl groups excluding tert-OH is 2. The molecule has 1 aliphatic heterocycles. The van der Waals surface area contributed by atoms with Crippen LogP contribution in [0.25, 0.3) is 0 Å². The Balaban J connectivity index is 1.84. The van der Waals surface area contributed by atoms with Crippen LogP contribution in [0.5, 0.6) is 0 Å². The first-order valence-corrected chi connectivity index (χ1v) is 14.1. The zero-order valence-corrected chi connectivity index (χ0v) is 24.6. The average molecular weight is 587 g/mol. The van der Waals surface area contributed by atoms with Gasteiger partial charge in [-0.05, 0) is 37.1 Å². The van der Waals surface area contributed by atoms with Gasteiger partial charge < -0.3 is 34.3 Å². The molecule has 2 saturated carbocycles. The Bertz CT molecular complexity index is 1350. The van der Waals surface area contributed by atoms with E-state index in [0.29, 0.717) is 5.57 Å². The highest BCUT2D eigenvalue weighted by Gasteiger charge is 2.78. The average Bonchev–Trinajstić information content (AvgIpc) is 2.90. The highest BCUT2D eigenvalue weighted by Crippen LogP contribution is 2.64. The molecule has 1 saturated heterocycles. The van der Waals surface area contributed by atoms with Crippen molar-refractivity contribution in [2.45, 2.75) is 96.1 Å². The minimum Gasteiger partial charge on any atom is -0.455 e. The van der Waals surface area contributed by atoms with Crippen molar-refractivity contribution in [2.24, 2.45) is 16.7 Å². The van der Waals surface area contributed by atoms with Gasteiger partial charge in [-0.15, -0.1) is 0 Å². The Morgan fingerprint density at radius 3 is 2.19 bits per heavy atom. The topological polar surface area (TPSA) is 166 Å². The maximum Gasteiger partial charge on any atom is 0.338 e. The minimum absolute atomic E-state index is 0.110.